The largest absolute Gasteiger partial charge is 0.573 e. The van der Waals surface area contributed by atoms with Crippen molar-refractivity contribution in [2.75, 3.05) is 11.9 Å². The Labute approximate surface area is 160 Å². The molecule has 6 nitrogen and oxygen atoms in total. The fraction of sp³-hybridized carbons (Fsp3) is 0.333. The van der Waals surface area contributed by atoms with Crippen LogP contribution in [0.3, 0.4) is 0 Å². The molecule has 2 aromatic rings. The molecule has 2 rings (SSSR count). The van der Waals surface area contributed by atoms with Gasteiger partial charge in [0.05, 0.1) is 6.20 Å². The summed E-state index contributed by atoms with van der Waals surface area (Å²) in [4.78, 5) is 4.17. The summed E-state index contributed by atoms with van der Waals surface area (Å²) >= 11 is 0. The van der Waals surface area contributed by atoms with Gasteiger partial charge in [-0.05, 0) is 49.6 Å². The zero-order valence-electron chi connectivity index (χ0n) is 13.4. The second kappa shape index (κ2) is 9.49. The highest BCUT2D eigenvalue weighted by molar-refractivity contribution is 14.0. The molecule has 0 fully saturated rings. The zero-order valence-corrected chi connectivity index (χ0v) is 15.8. The van der Waals surface area contributed by atoms with Crippen molar-refractivity contribution in [2.45, 2.75) is 26.1 Å². The fourth-order valence-corrected chi connectivity index (χ4v) is 2.02. The van der Waals surface area contributed by atoms with E-state index in [4.69, 9.17) is 5.73 Å². The van der Waals surface area contributed by atoms with E-state index in [1.54, 1.807) is 6.20 Å². The van der Waals surface area contributed by atoms with Crippen molar-refractivity contribution in [1.82, 2.24) is 10.2 Å². The number of aliphatic imine (C=N–C) groups is 1. The van der Waals surface area contributed by atoms with E-state index in [1.165, 1.54) is 24.3 Å². The van der Waals surface area contributed by atoms with E-state index >= 15 is 0 Å². The van der Waals surface area contributed by atoms with Crippen molar-refractivity contribution in [3.63, 3.8) is 0 Å². The lowest BCUT2D eigenvalue weighted by molar-refractivity contribution is -0.274. The normalized spacial score (nSPS) is 11.8. The number of halogens is 4. The van der Waals surface area contributed by atoms with Gasteiger partial charge in [-0.1, -0.05) is 0 Å². The number of nitrogens with two attached hydrogens (primary N) is 1. The van der Waals surface area contributed by atoms with Crippen molar-refractivity contribution in [3.05, 3.63) is 41.7 Å². The van der Waals surface area contributed by atoms with E-state index in [-0.39, 0.29) is 35.7 Å². The average molecular weight is 469 g/mol. The minimum Gasteiger partial charge on any atom is -0.406 e. The van der Waals surface area contributed by atoms with E-state index in [0.717, 1.165) is 24.1 Å². The topological polar surface area (TPSA) is 88.3 Å². The van der Waals surface area contributed by atoms with Gasteiger partial charge in [-0.25, -0.2) is 0 Å². The lowest BCUT2D eigenvalue weighted by atomic mass is 10.1. The Hall–Kier alpha value is -1.98. The van der Waals surface area contributed by atoms with Crippen LogP contribution >= 0.6 is 24.0 Å². The van der Waals surface area contributed by atoms with Crippen LogP contribution in [0.5, 0.6) is 5.75 Å². The van der Waals surface area contributed by atoms with Crippen molar-refractivity contribution in [1.29, 1.82) is 0 Å². The zero-order chi connectivity index (χ0) is 17.6. The Kier molecular flexibility index (Phi) is 8.00. The number of nitrogens with one attached hydrogen (secondary N) is 2. The number of nitrogens with zero attached hydrogens (tertiary/aromatic N) is 2. The number of ether oxygens (including phenoxy) is 1. The summed E-state index contributed by atoms with van der Waals surface area (Å²) in [6.07, 6.45) is -1.28. The van der Waals surface area contributed by atoms with Gasteiger partial charge in [-0.2, -0.15) is 5.10 Å². The van der Waals surface area contributed by atoms with Gasteiger partial charge < -0.3 is 15.8 Å². The maximum atomic E-state index is 12.1. The van der Waals surface area contributed by atoms with E-state index < -0.39 is 6.36 Å². The van der Waals surface area contributed by atoms with Crippen LogP contribution in [-0.4, -0.2) is 29.1 Å². The van der Waals surface area contributed by atoms with E-state index in [1.807, 2.05) is 6.92 Å². The number of hydrogen-bond acceptors (Lipinski definition) is 3. The predicted molar refractivity (Wildman–Crippen MR) is 100 cm³/mol. The quantitative estimate of drug-likeness (QED) is 0.261. The molecule has 0 unspecified atom stereocenters. The molecule has 0 bridgehead atoms. The van der Waals surface area contributed by atoms with E-state index in [2.05, 4.69) is 25.2 Å². The second-order valence-electron chi connectivity index (χ2n) is 5.09. The first-order valence-electron chi connectivity index (χ1n) is 7.25. The number of H-pyrrole nitrogens is 1. The van der Waals surface area contributed by atoms with E-state index in [0.29, 0.717) is 12.2 Å². The van der Waals surface area contributed by atoms with Gasteiger partial charge in [0.1, 0.15) is 5.75 Å². The highest BCUT2D eigenvalue weighted by Gasteiger charge is 2.30. The SMILES string of the molecule is Cc1[nH]ncc1CCCN=C(N)Nc1ccc(OC(F)(F)F)cc1.I. The Morgan fingerprint density at radius 1 is 1.32 bits per heavy atom. The first-order chi connectivity index (χ1) is 11.3. The molecule has 0 spiro atoms. The third-order valence-electron chi connectivity index (χ3n) is 3.18. The number of alkyl halides is 3. The average Bonchev–Trinajstić information content (AvgIpc) is 2.90. The van der Waals surface area contributed by atoms with Crippen LogP contribution < -0.4 is 15.8 Å². The molecule has 0 aliphatic carbocycles. The lowest BCUT2D eigenvalue weighted by Gasteiger charge is -2.10. The number of hydrogen-bond donors (Lipinski definition) is 3. The van der Waals surface area contributed by atoms with Crippen LogP contribution in [0, 0.1) is 6.92 Å². The standard InChI is InChI=1S/C15H18F3N5O.HI/c1-10-11(9-21-23-10)3-2-8-20-14(19)22-12-4-6-13(7-5-12)24-15(16,17)18;/h4-7,9H,2-3,8H2,1H3,(H,21,23)(H3,19,20,22);1H. The third kappa shape index (κ3) is 7.63. The van der Waals surface area contributed by atoms with Gasteiger partial charge in [0.25, 0.3) is 0 Å². The predicted octanol–water partition coefficient (Wildman–Crippen LogP) is 3.59. The van der Waals surface area contributed by atoms with Crippen molar-refractivity contribution >= 4 is 35.6 Å². The number of guanidine groups is 1. The van der Waals surface area contributed by atoms with Gasteiger partial charge in [-0.15, -0.1) is 37.1 Å². The maximum Gasteiger partial charge on any atom is 0.573 e. The molecule has 0 saturated carbocycles. The molecule has 0 atom stereocenters. The second-order valence-corrected chi connectivity index (χ2v) is 5.09. The molecular formula is C15H19F3IN5O. The van der Waals surface area contributed by atoms with Gasteiger partial charge >= 0.3 is 6.36 Å². The summed E-state index contributed by atoms with van der Waals surface area (Å²) in [7, 11) is 0. The number of aryl methyl sites for hydroxylation is 2. The van der Waals surface area contributed by atoms with Crippen molar-refractivity contribution in [3.8, 4) is 5.75 Å². The number of benzene rings is 1. The molecule has 25 heavy (non-hydrogen) atoms. The molecule has 0 radical (unpaired) electrons. The summed E-state index contributed by atoms with van der Waals surface area (Å²) in [5.74, 6) is -0.0950. The van der Waals surface area contributed by atoms with Crippen molar-refractivity contribution in [2.24, 2.45) is 10.7 Å². The Morgan fingerprint density at radius 3 is 2.56 bits per heavy atom. The summed E-state index contributed by atoms with van der Waals surface area (Å²) in [6, 6.07) is 5.26. The monoisotopic (exact) mass is 469 g/mol. The Bertz CT molecular complexity index is 685. The molecule has 1 aromatic carbocycles. The summed E-state index contributed by atoms with van der Waals surface area (Å²) < 4.78 is 40.0. The molecule has 1 heterocycles. The summed E-state index contributed by atoms with van der Waals surface area (Å²) in [6.45, 7) is 2.48. The minimum atomic E-state index is -4.71. The fourth-order valence-electron chi connectivity index (χ4n) is 2.02. The van der Waals surface area contributed by atoms with Gasteiger partial charge in [-0.3, -0.25) is 10.1 Å². The number of anilines is 1. The molecule has 0 saturated heterocycles. The van der Waals surface area contributed by atoms with E-state index in [9.17, 15) is 13.2 Å². The van der Waals surface area contributed by atoms with Crippen LogP contribution in [0.15, 0.2) is 35.5 Å². The Morgan fingerprint density at radius 2 is 2.00 bits per heavy atom. The van der Waals surface area contributed by atoms with Crippen LogP contribution in [0.2, 0.25) is 0 Å². The van der Waals surface area contributed by atoms with Gasteiger partial charge in [0.2, 0.25) is 0 Å². The van der Waals surface area contributed by atoms with Gasteiger partial charge in [0.15, 0.2) is 5.96 Å². The van der Waals surface area contributed by atoms with Crippen molar-refractivity contribution < 1.29 is 17.9 Å². The first kappa shape index (κ1) is 21.1. The van der Waals surface area contributed by atoms with Crippen LogP contribution in [0.4, 0.5) is 18.9 Å². The highest BCUT2D eigenvalue weighted by Crippen LogP contribution is 2.23. The molecule has 138 valence electrons. The molecular weight excluding hydrogens is 450 g/mol. The molecule has 1 aromatic heterocycles. The number of aromatic nitrogens is 2. The molecule has 0 amide bonds. The van der Waals surface area contributed by atoms with Crippen LogP contribution in [0.25, 0.3) is 0 Å². The summed E-state index contributed by atoms with van der Waals surface area (Å²) in [5.41, 5.74) is 8.44. The number of rotatable bonds is 6. The van der Waals surface area contributed by atoms with Gasteiger partial charge in [0, 0.05) is 17.9 Å². The van der Waals surface area contributed by atoms with Crippen LogP contribution in [0.1, 0.15) is 17.7 Å². The highest BCUT2D eigenvalue weighted by atomic mass is 127. The lowest BCUT2D eigenvalue weighted by Crippen LogP contribution is -2.23. The molecule has 0 aliphatic heterocycles. The molecule has 10 heteroatoms. The number of aromatic amines is 1. The Balaban J connectivity index is 0.00000312. The van der Waals surface area contributed by atoms with Crippen LogP contribution in [-0.2, 0) is 6.42 Å². The molecule has 0 aliphatic rings. The first-order valence-corrected chi connectivity index (χ1v) is 7.25. The molecule has 4 N–H and O–H groups in total. The third-order valence-corrected chi connectivity index (χ3v) is 3.18. The maximum absolute atomic E-state index is 12.1. The smallest absolute Gasteiger partial charge is 0.406 e. The minimum absolute atomic E-state index is 0. The summed E-state index contributed by atoms with van der Waals surface area (Å²) in [5, 5.41) is 9.62.